The minimum absolute atomic E-state index is 0.00652. The number of carbonyl (C=O) groups is 3. The summed E-state index contributed by atoms with van der Waals surface area (Å²) < 4.78 is 0. The highest BCUT2D eigenvalue weighted by atomic mass is 16.3. The lowest BCUT2D eigenvalue weighted by Crippen LogP contribution is -2.46. The van der Waals surface area contributed by atoms with Crippen LogP contribution in [0.4, 0.5) is 0 Å². The van der Waals surface area contributed by atoms with E-state index in [1.54, 1.807) is 13.8 Å². The van der Waals surface area contributed by atoms with Gasteiger partial charge in [-0.25, -0.2) is 0 Å². The summed E-state index contributed by atoms with van der Waals surface area (Å²) in [5.41, 5.74) is -0.937. The molecule has 0 heterocycles. The Balaban J connectivity index is 3.92. The van der Waals surface area contributed by atoms with Crippen molar-refractivity contribution in [1.29, 1.82) is 0 Å². The van der Waals surface area contributed by atoms with Crippen molar-refractivity contribution < 1.29 is 24.6 Å². The van der Waals surface area contributed by atoms with Crippen LogP contribution in [0, 0.1) is 5.41 Å². The summed E-state index contributed by atoms with van der Waals surface area (Å²) >= 11 is 0. The van der Waals surface area contributed by atoms with E-state index in [0.717, 1.165) is 0 Å². The van der Waals surface area contributed by atoms with Gasteiger partial charge in [0, 0.05) is 31.3 Å². The van der Waals surface area contributed by atoms with Crippen molar-refractivity contribution in [1.82, 2.24) is 10.6 Å². The van der Waals surface area contributed by atoms with Crippen LogP contribution in [0.5, 0.6) is 0 Å². The highest BCUT2D eigenvalue weighted by molar-refractivity contribution is 5.82. The molecule has 0 radical (unpaired) electrons. The number of aliphatic hydroxyl groups excluding tert-OH is 2. The van der Waals surface area contributed by atoms with Gasteiger partial charge < -0.3 is 20.8 Å². The molecule has 0 aliphatic rings. The number of hydrogen-bond donors (Lipinski definition) is 4. The van der Waals surface area contributed by atoms with Crippen molar-refractivity contribution in [2.45, 2.75) is 39.7 Å². The molecule has 0 rings (SSSR count). The molecule has 4 N–H and O–H groups in total. The minimum atomic E-state index is -1.34. The summed E-state index contributed by atoms with van der Waals surface area (Å²) in [6.45, 7) is 4.60. The fraction of sp³-hybridized carbons (Fsp3) is 0.769. The Bertz CT molecular complexity index is 355. The second kappa shape index (κ2) is 8.65. The predicted molar refractivity (Wildman–Crippen MR) is 72.8 cm³/mol. The summed E-state index contributed by atoms with van der Waals surface area (Å²) in [5.74, 6) is -0.906. The Morgan fingerprint density at radius 1 is 1.10 bits per heavy atom. The van der Waals surface area contributed by atoms with E-state index < -0.39 is 17.4 Å². The molecule has 0 fully saturated rings. The fourth-order valence-electron chi connectivity index (χ4n) is 1.30. The first-order valence-corrected chi connectivity index (χ1v) is 6.53. The molecule has 0 saturated carbocycles. The number of ketones is 1. The monoisotopic (exact) mass is 288 g/mol. The number of aliphatic hydroxyl groups is 2. The normalized spacial score (nSPS) is 12.7. The van der Waals surface area contributed by atoms with Crippen molar-refractivity contribution in [2.24, 2.45) is 5.41 Å². The smallest absolute Gasteiger partial charge is 0.249 e. The van der Waals surface area contributed by atoms with Crippen LogP contribution in [0.25, 0.3) is 0 Å². The first-order valence-electron chi connectivity index (χ1n) is 6.53. The van der Waals surface area contributed by atoms with E-state index in [9.17, 15) is 19.5 Å². The standard InChI is InChI=1S/C13H24N2O5/c1-9(17)4-6-14-10(18)5-7-15-12(20)11(19)13(2,3)8-16/h11,16,19H,4-8H2,1-3H3,(H,14,18)(H,15,20)/t11-/m0/s1. The Labute approximate surface area is 118 Å². The summed E-state index contributed by atoms with van der Waals surface area (Å²) in [6, 6.07) is 0. The molecule has 2 amide bonds. The Morgan fingerprint density at radius 2 is 1.65 bits per heavy atom. The molecule has 0 aromatic heterocycles. The third-order valence-electron chi connectivity index (χ3n) is 2.85. The first-order chi connectivity index (χ1) is 9.20. The third kappa shape index (κ3) is 7.20. The fourth-order valence-corrected chi connectivity index (χ4v) is 1.30. The van der Waals surface area contributed by atoms with Crippen LogP contribution < -0.4 is 10.6 Å². The second-order valence-corrected chi connectivity index (χ2v) is 5.39. The quantitative estimate of drug-likeness (QED) is 0.433. The van der Waals surface area contributed by atoms with E-state index in [1.807, 2.05) is 0 Å². The molecule has 0 aliphatic heterocycles. The van der Waals surface area contributed by atoms with Gasteiger partial charge in [-0.3, -0.25) is 14.4 Å². The molecular weight excluding hydrogens is 264 g/mol. The highest BCUT2D eigenvalue weighted by Gasteiger charge is 2.32. The molecule has 0 aromatic carbocycles. The zero-order valence-electron chi connectivity index (χ0n) is 12.2. The highest BCUT2D eigenvalue weighted by Crippen LogP contribution is 2.19. The topological polar surface area (TPSA) is 116 Å². The van der Waals surface area contributed by atoms with Crippen LogP contribution in [0.1, 0.15) is 33.6 Å². The Hall–Kier alpha value is -1.47. The molecule has 20 heavy (non-hydrogen) atoms. The number of hydrogen-bond acceptors (Lipinski definition) is 5. The van der Waals surface area contributed by atoms with Gasteiger partial charge in [0.2, 0.25) is 11.8 Å². The average Bonchev–Trinajstić information content (AvgIpc) is 2.37. The van der Waals surface area contributed by atoms with Crippen molar-refractivity contribution >= 4 is 17.6 Å². The van der Waals surface area contributed by atoms with Crippen molar-refractivity contribution in [2.75, 3.05) is 19.7 Å². The zero-order valence-corrected chi connectivity index (χ0v) is 12.2. The number of amides is 2. The SMILES string of the molecule is CC(=O)CCNC(=O)CCNC(=O)[C@H](O)C(C)(C)CO. The number of Topliss-reactive ketones (excluding diaryl/α,β-unsaturated/α-hetero) is 1. The largest absolute Gasteiger partial charge is 0.396 e. The molecule has 0 aromatic rings. The molecule has 7 heteroatoms. The van der Waals surface area contributed by atoms with Gasteiger partial charge in [-0.05, 0) is 6.92 Å². The van der Waals surface area contributed by atoms with Gasteiger partial charge in [-0.15, -0.1) is 0 Å². The van der Waals surface area contributed by atoms with E-state index in [-0.39, 0.29) is 44.2 Å². The average molecular weight is 288 g/mol. The van der Waals surface area contributed by atoms with Crippen molar-refractivity contribution in [3.8, 4) is 0 Å². The summed E-state index contributed by atoms with van der Waals surface area (Å²) in [5, 5.41) is 23.7. The maximum atomic E-state index is 11.6. The van der Waals surface area contributed by atoms with Crippen LogP contribution in [-0.2, 0) is 14.4 Å². The molecular formula is C13H24N2O5. The summed E-state index contributed by atoms with van der Waals surface area (Å²) in [4.78, 5) is 33.6. The van der Waals surface area contributed by atoms with Gasteiger partial charge >= 0.3 is 0 Å². The number of rotatable bonds is 9. The van der Waals surface area contributed by atoms with Crippen LogP contribution in [-0.4, -0.2) is 53.6 Å². The third-order valence-corrected chi connectivity index (χ3v) is 2.85. The van der Waals surface area contributed by atoms with E-state index in [4.69, 9.17) is 5.11 Å². The Kier molecular flexibility index (Phi) is 8.02. The summed E-state index contributed by atoms with van der Waals surface area (Å²) in [6.07, 6.45) is -0.995. The van der Waals surface area contributed by atoms with Gasteiger partial charge in [0.1, 0.15) is 11.9 Å². The molecule has 0 aliphatic carbocycles. The molecule has 0 bridgehead atoms. The number of carbonyl (C=O) groups excluding carboxylic acids is 3. The van der Waals surface area contributed by atoms with E-state index in [1.165, 1.54) is 6.92 Å². The maximum Gasteiger partial charge on any atom is 0.249 e. The molecule has 0 spiro atoms. The molecule has 0 saturated heterocycles. The number of nitrogens with one attached hydrogen (secondary N) is 2. The van der Waals surface area contributed by atoms with Gasteiger partial charge in [-0.1, -0.05) is 13.8 Å². The van der Waals surface area contributed by atoms with Crippen LogP contribution >= 0.6 is 0 Å². The van der Waals surface area contributed by atoms with Crippen LogP contribution in [0.3, 0.4) is 0 Å². The maximum absolute atomic E-state index is 11.6. The first kappa shape index (κ1) is 18.5. The van der Waals surface area contributed by atoms with Crippen LogP contribution in [0.15, 0.2) is 0 Å². The minimum Gasteiger partial charge on any atom is -0.396 e. The van der Waals surface area contributed by atoms with E-state index in [0.29, 0.717) is 0 Å². The van der Waals surface area contributed by atoms with Gasteiger partial charge in [0.05, 0.1) is 6.61 Å². The van der Waals surface area contributed by atoms with E-state index >= 15 is 0 Å². The lowest BCUT2D eigenvalue weighted by atomic mass is 9.87. The lowest BCUT2D eigenvalue weighted by Gasteiger charge is -2.27. The Morgan fingerprint density at radius 3 is 2.15 bits per heavy atom. The molecule has 116 valence electrons. The van der Waals surface area contributed by atoms with Crippen LogP contribution in [0.2, 0.25) is 0 Å². The zero-order chi connectivity index (χ0) is 15.8. The predicted octanol–water partition coefficient (Wildman–Crippen LogP) is -1.03. The van der Waals surface area contributed by atoms with Gasteiger partial charge in [0.15, 0.2) is 0 Å². The van der Waals surface area contributed by atoms with Gasteiger partial charge in [-0.2, -0.15) is 0 Å². The van der Waals surface area contributed by atoms with Crippen molar-refractivity contribution in [3.63, 3.8) is 0 Å². The van der Waals surface area contributed by atoms with E-state index in [2.05, 4.69) is 10.6 Å². The van der Waals surface area contributed by atoms with Crippen molar-refractivity contribution in [3.05, 3.63) is 0 Å². The summed E-state index contributed by atoms with van der Waals surface area (Å²) in [7, 11) is 0. The molecule has 0 unspecified atom stereocenters. The lowest BCUT2D eigenvalue weighted by molar-refractivity contribution is -0.137. The van der Waals surface area contributed by atoms with Gasteiger partial charge in [0.25, 0.3) is 0 Å². The second-order valence-electron chi connectivity index (χ2n) is 5.39. The molecule has 7 nitrogen and oxygen atoms in total. The molecule has 1 atom stereocenters.